The van der Waals surface area contributed by atoms with Gasteiger partial charge in [0.05, 0.1) is 23.0 Å². The fraction of sp³-hybridized carbons (Fsp3) is 0.533. The fourth-order valence-electron chi connectivity index (χ4n) is 1.93. The molecule has 0 saturated carbocycles. The molecular formula is C15H23N3O3. The number of pyridine rings is 1. The van der Waals surface area contributed by atoms with E-state index >= 15 is 0 Å². The van der Waals surface area contributed by atoms with Gasteiger partial charge in [-0.05, 0) is 18.9 Å². The minimum Gasteiger partial charge on any atom is -0.481 e. The highest BCUT2D eigenvalue weighted by atomic mass is 16.4. The molecule has 0 saturated heterocycles. The molecule has 1 atom stereocenters. The van der Waals surface area contributed by atoms with E-state index in [1.165, 1.54) is 0 Å². The fourth-order valence-corrected chi connectivity index (χ4v) is 1.93. The molecule has 0 spiro atoms. The molecular weight excluding hydrogens is 270 g/mol. The first-order valence-corrected chi connectivity index (χ1v) is 6.83. The Morgan fingerprint density at radius 2 is 2.05 bits per heavy atom. The number of nitrogens with zero attached hydrogens (tertiary/aromatic N) is 2. The molecule has 0 radical (unpaired) electrons. The number of hydrogen-bond acceptors (Lipinski definition) is 4. The first-order chi connectivity index (χ1) is 9.68. The third-order valence-corrected chi connectivity index (χ3v) is 3.84. The number of nitrogens with one attached hydrogen (secondary N) is 1. The van der Waals surface area contributed by atoms with Crippen molar-refractivity contribution in [2.45, 2.75) is 27.2 Å². The highest BCUT2D eigenvalue weighted by Gasteiger charge is 2.38. The van der Waals surface area contributed by atoms with E-state index in [0.717, 1.165) is 5.69 Å². The Balaban J connectivity index is 2.90. The molecule has 1 aromatic rings. The molecule has 116 valence electrons. The number of aliphatic carboxylic acids is 1. The van der Waals surface area contributed by atoms with Gasteiger partial charge in [-0.25, -0.2) is 0 Å². The van der Waals surface area contributed by atoms with Crippen LogP contribution in [0, 0.1) is 11.3 Å². The Bertz CT molecular complexity index is 529. The lowest BCUT2D eigenvalue weighted by atomic mass is 9.76. The van der Waals surface area contributed by atoms with Crippen molar-refractivity contribution in [2.24, 2.45) is 11.3 Å². The first kappa shape index (κ1) is 16.9. The van der Waals surface area contributed by atoms with E-state index in [9.17, 15) is 14.7 Å². The summed E-state index contributed by atoms with van der Waals surface area (Å²) in [5, 5.41) is 12.1. The van der Waals surface area contributed by atoms with Gasteiger partial charge in [0.25, 0.3) is 0 Å². The van der Waals surface area contributed by atoms with Crippen molar-refractivity contribution < 1.29 is 14.7 Å². The summed E-state index contributed by atoms with van der Waals surface area (Å²) in [7, 11) is 3.72. The maximum Gasteiger partial charge on any atom is 0.310 e. The average molecular weight is 293 g/mol. The smallest absolute Gasteiger partial charge is 0.310 e. The van der Waals surface area contributed by atoms with Gasteiger partial charge < -0.3 is 15.3 Å². The molecule has 1 heterocycles. The lowest BCUT2D eigenvalue weighted by Crippen LogP contribution is -2.37. The molecule has 1 amide bonds. The molecule has 21 heavy (non-hydrogen) atoms. The second-order valence-electron chi connectivity index (χ2n) is 5.89. The number of carboxylic acid groups (broad SMARTS) is 1. The van der Waals surface area contributed by atoms with Gasteiger partial charge in [0, 0.05) is 26.7 Å². The average Bonchev–Trinajstić information content (AvgIpc) is 2.38. The highest BCUT2D eigenvalue weighted by molar-refractivity contribution is 5.96. The number of amides is 1. The van der Waals surface area contributed by atoms with Crippen LogP contribution >= 0.6 is 0 Å². The summed E-state index contributed by atoms with van der Waals surface area (Å²) >= 11 is 0. The predicted octanol–water partition coefficient (Wildman–Crippen LogP) is 2.22. The molecule has 6 nitrogen and oxygen atoms in total. The molecule has 0 aliphatic carbocycles. The van der Waals surface area contributed by atoms with Gasteiger partial charge in [-0.2, -0.15) is 0 Å². The number of anilines is 2. The number of rotatable bonds is 6. The van der Waals surface area contributed by atoms with E-state index < -0.39 is 11.4 Å². The molecule has 1 rings (SSSR count). The minimum atomic E-state index is -1.09. The highest BCUT2D eigenvalue weighted by Crippen LogP contribution is 2.32. The van der Waals surface area contributed by atoms with Crippen molar-refractivity contribution in [3.8, 4) is 0 Å². The first-order valence-electron chi connectivity index (χ1n) is 6.83. The quantitative estimate of drug-likeness (QED) is 0.840. The zero-order valence-electron chi connectivity index (χ0n) is 13.2. The Kier molecular flexibility index (Phi) is 5.29. The summed E-state index contributed by atoms with van der Waals surface area (Å²) in [6.45, 7) is 5.20. The summed E-state index contributed by atoms with van der Waals surface area (Å²) in [6, 6.07) is 1.79. The van der Waals surface area contributed by atoms with Crippen LogP contribution in [0.3, 0.4) is 0 Å². The van der Waals surface area contributed by atoms with Crippen molar-refractivity contribution >= 4 is 23.3 Å². The van der Waals surface area contributed by atoms with Gasteiger partial charge >= 0.3 is 5.97 Å². The number of carbonyl (C=O) groups excluding carboxylic acids is 1. The van der Waals surface area contributed by atoms with Crippen LogP contribution < -0.4 is 10.2 Å². The lowest BCUT2D eigenvalue weighted by Gasteiger charge is -2.28. The molecule has 1 unspecified atom stereocenters. The van der Waals surface area contributed by atoms with Gasteiger partial charge in [0.2, 0.25) is 5.91 Å². The van der Waals surface area contributed by atoms with Gasteiger partial charge in [0.1, 0.15) is 0 Å². The van der Waals surface area contributed by atoms with Crippen LogP contribution in [0.2, 0.25) is 0 Å². The van der Waals surface area contributed by atoms with Gasteiger partial charge in [-0.15, -0.1) is 0 Å². The Morgan fingerprint density at radius 3 is 2.52 bits per heavy atom. The van der Waals surface area contributed by atoms with Crippen molar-refractivity contribution in [2.75, 3.05) is 24.3 Å². The molecule has 0 aliphatic rings. The second-order valence-corrected chi connectivity index (χ2v) is 5.89. The number of aromatic nitrogens is 1. The van der Waals surface area contributed by atoms with Crippen LogP contribution in [0.4, 0.5) is 11.4 Å². The molecule has 6 heteroatoms. The van der Waals surface area contributed by atoms with E-state index in [-0.39, 0.29) is 18.2 Å². The topological polar surface area (TPSA) is 82.5 Å². The predicted molar refractivity (Wildman–Crippen MR) is 82.4 cm³/mol. The minimum absolute atomic E-state index is 0.0816. The van der Waals surface area contributed by atoms with Crippen LogP contribution in [-0.4, -0.2) is 36.1 Å². The second kappa shape index (κ2) is 6.56. The molecule has 2 N–H and O–H groups in total. The summed E-state index contributed by atoms with van der Waals surface area (Å²) in [5.41, 5.74) is 0.300. The van der Waals surface area contributed by atoms with Gasteiger partial charge in [0.15, 0.2) is 0 Å². The van der Waals surface area contributed by atoms with Crippen molar-refractivity contribution in [3.63, 3.8) is 0 Å². The number of hydrogen-bond donors (Lipinski definition) is 2. The van der Waals surface area contributed by atoms with Gasteiger partial charge in [-0.3, -0.25) is 14.6 Å². The van der Waals surface area contributed by atoms with E-state index in [1.54, 1.807) is 39.2 Å². The lowest BCUT2D eigenvalue weighted by molar-refractivity contribution is -0.153. The van der Waals surface area contributed by atoms with Crippen LogP contribution in [0.5, 0.6) is 0 Å². The van der Waals surface area contributed by atoms with Crippen LogP contribution in [-0.2, 0) is 9.59 Å². The van der Waals surface area contributed by atoms with Crippen LogP contribution in [0.15, 0.2) is 18.5 Å². The zero-order chi connectivity index (χ0) is 16.2. The molecule has 0 aliphatic heterocycles. The van der Waals surface area contributed by atoms with E-state index in [2.05, 4.69) is 10.3 Å². The summed E-state index contributed by atoms with van der Waals surface area (Å²) in [6.07, 6.45) is 3.11. The normalized spacial score (nSPS) is 13.6. The molecule has 0 fully saturated rings. The summed E-state index contributed by atoms with van der Waals surface area (Å²) < 4.78 is 0. The van der Waals surface area contributed by atoms with Crippen molar-refractivity contribution in [1.82, 2.24) is 4.98 Å². The molecule has 1 aromatic heterocycles. The Hall–Kier alpha value is -2.11. The van der Waals surface area contributed by atoms with Crippen LogP contribution in [0.1, 0.15) is 27.2 Å². The monoisotopic (exact) mass is 293 g/mol. The van der Waals surface area contributed by atoms with E-state index in [4.69, 9.17) is 0 Å². The number of carbonyl (C=O) groups is 2. The zero-order valence-corrected chi connectivity index (χ0v) is 13.2. The maximum absolute atomic E-state index is 12.2. The van der Waals surface area contributed by atoms with E-state index in [0.29, 0.717) is 5.69 Å². The summed E-state index contributed by atoms with van der Waals surface area (Å²) in [4.78, 5) is 29.5. The van der Waals surface area contributed by atoms with Crippen LogP contribution in [0.25, 0.3) is 0 Å². The Morgan fingerprint density at radius 1 is 1.43 bits per heavy atom. The molecule has 0 bridgehead atoms. The summed E-state index contributed by atoms with van der Waals surface area (Å²) in [5.74, 6) is -1.45. The third-order valence-electron chi connectivity index (χ3n) is 3.84. The standard InChI is InChI=1S/C15H23N3O3/c1-10(2)15(3,14(20)21)8-13(19)17-11-9-16-7-6-12(11)18(4)5/h6-7,9-10H,8H2,1-5H3,(H,17,19)(H,20,21). The number of carboxylic acids is 1. The Labute approximate surface area is 125 Å². The maximum atomic E-state index is 12.2. The SMILES string of the molecule is CC(C)C(C)(CC(=O)Nc1cnccc1N(C)C)C(=O)O. The third kappa shape index (κ3) is 3.93. The van der Waals surface area contributed by atoms with E-state index in [1.807, 2.05) is 19.0 Å². The molecule has 0 aromatic carbocycles. The van der Waals surface area contributed by atoms with Crippen molar-refractivity contribution in [1.29, 1.82) is 0 Å². The van der Waals surface area contributed by atoms with Gasteiger partial charge in [-0.1, -0.05) is 13.8 Å². The largest absolute Gasteiger partial charge is 0.481 e. The van der Waals surface area contributed by atoms with Crippen molar-refractivity contribution in [3.05, 3.63) is 18.5 Å².